The number of phenols is 4. The van der Waals surface area contributed by atoms with Crippen molar-refractivity contribution in [3.63, 3.8) is 0 Å². The highest BCUT2D eigenvalue weighted by atomic mass is 16.3. The molecule has 0 saturated carbocycles. The second kappa shape index (κ2) is 8.54. The lowest BCUT2D eigenvalue weighted by Gasteiger charge is -2.15. The predicted octanol–water partition coefficient (Wildman–Crippen LogP) is 0.413. The van der Waals surface area contributed by atoms with Crippen molar-refractivity contribution in [1.82, 2.24) is 10.6 Å². The zero-order valence-corrected chi connectivity index (χ0v) is 13.4. The highest BCUT2D eigenvalue weighted by Crippen LogP contribution is 2.28. The monoisotopic (exact) mass is 350 g/mol. The van der Waals surface area contributed by atoms with Gasteiger partial charge in [-0.15, -0.1) is 0 Å². The van der Waals surface area contributed by atoms with E-state index >= 15 is 0 Å². The summed E-state index contributed by atoms with van der Waals surface area (Å²) in [4.78, 5) is 0. The van der Waals surface area contributed by atoms with Crippen LogP contribution in [0.3, 0.4) is 0 Å². The van der Waals surface area contributed by atoms with Crippen LogP contribution < -0.4 is 10.6 Å². The van der Waals surface area contributed by atoms with Crippen molar-refractivity contribution in [1.29, 1.82) is 0 Å². The lowest BCUT2D eigenvalue weighted by molar-refractivity contribution is 0.163. The van der Waals surface area contributed by atoms with Crippen molar-refractivity contribution in [3.05, 3.63) is 47.5 Å². The standard InChI is InChI=1S/C17H22N2O6/c20-12-3-1-10(5-14(12)22)16(24)7-18-9-19-8-17(25)11-2-4-13(21)15(23)6-11/h1-6,16-25H,7-9H2. The van der Waals surface area contributed by atoms with Gasteiger partial charge in [0.25, 0.3) is 0 Å². The van der Waals surface area contributed by atoms with Crippen LogP contribution in [0.4, 0.5) is 0 Å². The van der Waals surface area contributed by atoms with Crippen LogP contribution in [-0.2, 0) is 0 Å². The quantitative estimate of drug-likeness (QED) is 0.194. The number of hydrogen-bond acceptors (Lipinski definition) is 8. The Labute approximate surface area is 144 Å². The third kappa shape index (κ3) is 5.23. The summed E-state index contributed by atoms with van der Waals surface area (Å²) < 4.78 is 0. The van der Waals surface area contributed by atoms with E-state index in [1.807, 2.05) is 0 Å². The fourth-order valence-electron chi connectivity index (χ4n) is 2.24. The minimum Gasteiger partial charge on any atom is -0.504 e. The van der Waals surface area contributed by atoms with Crippen LogP contribution in [0.25, 0.3) is 0 Å². The topological polar surface area (TPSA) is 145 Å². The van der Waals surface area contributed by atoms with Crippen LogP contribution in [0.1, 0.15) is 23.3 Å². The van der Waals surface area contributed by atoms with Crippen LogP contribution in [-0.4, -0.2) is 50.4 Å². The van der Waals surface area contributed by atoms with Crippen molar-refractivity contribution in [3.8, 4) is 23.0 Å². The van der Waals surface area contributed by atoms with Gasteiger partial charge in [-0.2, -0.15) is 0 Å². The highest BCUT2D eigenvalue weighted by Gasteiger charge is 2.11. The van der Waals surface area contributed by atoms with Crippen molar-refractivity contribution >= 4 is 0 Å². The number of nitrogens with one attached hydrogen (secondary N) is 2. The van der Waals surface area contributed by atoms with E-state index in [1.165, 1.54) is 36.4 Å². The third-order valence-corrected chi connectivity index (χ3v) is 3.69. The van der Waals surface area contributed by atoms with E-state index in [2.05, 4.69) is 10.6 Å². The Bertz CT molecular complexity index is 650. The van der Waals surface area contributed by atoms with E-state index in [0.717, 1.165) is 0 Å². The number of rotatable bonds is 8. The number of benzene rings is 2. The molecule has 0 aliphatic carbocycles. The molecule has 2 atom stereocenters. The maximum atomic E-state index is 10.00. The van der Waals surface area contributed by atoms with Crippen molar-refractivity contribution in [2.45, 2.75) is 12.2 Å². The Kier molecular flexibility index (Phi) is 6.43. The summed E-state index contributed by atoms with van der Waals surface area (Å²) >= 11 is 0. The molecule has 0 heterocycles. The lowest BCUT2D eigenvalue weighted by atomic mass is 10.1. The van der Waals surface area contributed by atoms with E-state index in [9.17, 15) is 30.6 Å². The molecule has 2 rings (SSSR count). The average Bonchev–Trinajstić information content (AvgIpc) is 2.59. The molecule has 136 valence electrons. The van der Waals surface area contributed by atoms with Gasteiger partial charge >= 0.3 is 0 Å². The summed E-state index contributed by atoms with van der Waals surface area (Å²) in [5.41, 5.74) is 0.921. The van der Waals surface area contributed by atoms with Crippen molar-refractivity contribution < 1.29 is 30.6 Å². The molecule has 0 saturated heterocycles. The SMILES string of the molecule is Oc1ccc(C(O)CNCNCC(O)c2ccc(O)c(O)c2)cc1O. The molecule has 0 amide bonds. The van der Waals surface area contributed by atoms with E-state index in [1.54, 1.807) is 0 Å². The van der Waals surface area contributed by atoms with Gasteiger partial charge in [0.2, 0.25) is 0 Å². The summed E-state index contributed by atoms with van der Waals surface area (Å²) in [6.07, 6.45) is -1.74. The number of phenolic OH excluding ortho intramolecular Hbond substituents is 4. The van der Waals surface area contributed by atoms with Gasteiger partial charge in [0, 0.05) is 19.8 Å². The fraction of sp³-hybridized carbons (Fsp3) is 0.294. The lowest BCUT2D eigenvalue weighted by Crippen LogP contribution is -2.34. The van der Waals surface area contributed by atoms with Crippen molar-refractivity contribution in [2.24, 2.45) is 0 Å². The van der Waals surface area contributed by atoms with E-state index in [-0.39, 0.29) is 36.1 Å². The second-order valence-electron chi connectivity index (χ2n) is 5.61. The molecular weight excluding hydrogens is 328 g/mol. The van der Waals surface area contributed by atoms with Crippen LogP contribution >= 0.6 is 0 Å². The Morgan fingerprint density at radius 2 is 1.04 bits per heavy atom. The van der Waals surface area contributed by atoms with Gasteiger partial charge in [0.05, 0.1) is 12.2 Å². The van der Waals surface area contributed by atoms with Crippen LogP contribution in [0, 0.1) is 0 Å². The highest BCUT2D eigenvalue weighted by molar-refractivity contribution is 5.42. The Morgan fingerprint density at radius 1 is 0.640 bits per heavy atom. The second-order valence-corrected chi connectivity index (χ2v) is 5.61. The molecule has 2 unspecified atom stereocenters. The molecule has 0 fully saturated rings. The molecule has 0 aliphatic heterocycles. The van der Waals surface area contributed by atoms with Crippen molar-refractivity contribution in [2.75, 3.05) is 19.8 Å². The Balaban J connectivity index is 1.71. The molecule has 0 aromatic heterocycles. The predicted molar refractivity (Wildman–Crippen MR) is 90.3 cm³/mol. The van der Waals surface area contributed by atoms with Gasteiger partial charge in [-0.1, -0.05) is 12.1 Å². The zero-order valence-electron chi connectivity index (χ0n) is 13.4. The summed E-state index contributed by atoms with van der Waals surface area (Å²) in [5.74, 6) is -1.09. The third-order valence-electron chi connectivity index (χ3n) is 3.69. The molecule has 0 aliphatic rings. The fourth-order valence-corrected chi connectivity index (χ4v) is 2.24. The summed E-state index contributed by atoms with van der Waals surface area (Å²) in [6.45, 7) is 0.711. The number of aromatic hydroxyl groups is 4. The van der Waals surface area contributed by atoms with Gasteiger partial charge in [-0.25, -0.2) is 0 Å². The Morgan fingerprint density at radius 3 is 1.40 bits per heavy atom. The molecule has 0 spiro atoms. The maximum Gasteiger partial charge on any atom is 0.157 e. The first-order chi connectivity index (χ1) is 11.9. The van der Waals surface area contributed by atoms with Crippen LogP contribution in [0.5, 0.6) is 23.0 Å². The molecular formula is C17H22N2O6. The number of aliphatic hydroxyl groups excluding tert-OH is 2. The van der Waals surface area contributed by atoms with Gasteiger partial charge in [0.1, 0.15) is 0 Å². The molecule has 8 heteroatoms. The first-order valence-corrected chi connectivity index (χ1v) is 7.69. The zero-order chi connectivity index (χ0) is 18.4. The first-order valence-electron chi connectivity index (χ1n) is 7.69. The summed E-state index contributed by atoms with van der Waals surface area (Å²) in [6, 6.07) is 8.20. The molecule has 2 aromatic rings. The van der Waals surface area contributed by atoms with Crippen LogP contribution in [0.2, 0.25) is 0 Å². The number of aliphatic hydroxyl groups is 2. The molecule has 25 heavy (non-hydrogen) atoms. The van der Waals surface area contributed by atoms with Gasteiger partial charge < -0.3 is 41.3 Å². The summed E-state index contributed by atoms with van der Waals surface area (Å²) in [5, 5.41) is 63.2. The maximum absolute atomic E-state index is 10.00. The van der Waals surface area contributed by atoms with Gasteiger partial charge in [-0.3, -0.25) is 0 Å². The van der Waals surface area contributed by atoms with E-state index < -0.39 is 12.2 Å². The normalized spacial score (nSPS) is 13.5. The average molecular weight is 350 g/mol. The van der Waals surface area contributed by atoms with E-state index in [0.29, 0.717) is 17.8 Å². The van der Waals surface area contributed by atoms with Gasteiger partial charge in [0.15, 0.2) is 23.0 Å². The molecule has 2 aromatic carbocycles. The van der Waals surface area contributed by atoms with E-state index in [4.69, 9.17) is 0 Å². The molecule has 0 radical (unpaired) electrons. The minimum absolute atomic E-state index is 0.202. The van der Waals surface area contributed by atoms with Gasteiger partial charge in [-0.05, 0) is 35.4 Å². The number of hydrogen-bond donors (Lipinski definition) is 8. The van der Waals surface area contributed by atoms with Crippen LogP contribution in [0.15, 0.2) is 36.4 Å². The molecule has 8 N–H and O–H groups in total. The molecule has 0 bridgehead atoms. The first kappa shape index (κ1) is 18.8. The summed E-state index contributed by atoms with van der Waals surface area (Å²) in [7, 11) is 0. The Hall–Kier alpha value is -2.52. The largest absolute Gasteiger partial charge is 0.504 e. The molecule has 8 nitrogen and oxygen atoms in total. The smallest absolute Gasteiger partial charge is 0.157 e. The minimum atomic E-state index is -0.868.